The van der Waals surface area contributed by atoms with Crippen LogP contribution in [0.4, 0.5) is 8.78 Å². The first-order valence-electron chi connectivity index (χ1n) is 5.49. The van der Waals surface area contributed by atoms with Crippen molar-refractivity contribution in [2.24, 2.45) is 0 Å². The SMILES string of the molecule is CON(C)C(=O)CCNC(=O)c1ccc(F)cc1F. The number of hydrogen-bond acceptors (Lipinski definition) is 3. The molecule has 0 aromatic heterocycles. The van der Waals surface area contributed by atoms with Crippen molar-refractivity contribution in [3.63, 3.8) is 0 Å². The summed E-state index contributed by atoms with van der Waals surface area (Å²) in [4.78, 5) is 27.6. The second-order valence-corrected chi connectivity index (χ2v) is 3.70. The topological polar surface area (TPSA) is 58.6 Å². The molecule has 1 aromatic carbocycles. The van der Waals surface area contributed by atoms with E-state index in [0.29, 0.717) is 6.07 Å². The number of benzene rings is 1. The maximum absolute atomic E-state index is 13.3. The Balaban J connectivity index is 2.50. The molecular weight excluding hydrogens is 258 g/mol. The summed E-state index contributed by atoms with van der Waals surface area (Å²) in [5.74, 6) is -2.74. The van der Waals surface area contributed by atoms with Gasteiger partial charge in [-0.2, -0.15) is 0 Å². The van der Waals surface area contributed by atoms with Crippen molar-refractivity contribution in [2.45, 2.75) is 6.42 Å². The molecule has 0 heterocycles. The van der Waals surface area contributed by atoms with Gasteiger partial charge in [0, 0.05) is 26.1 Å². The molecule has 7 heteroatoms. The first kappa shape index (κ1) is 15.0. The number of nitrogens with zero attached hydrogens (tertiary/aromatic N) is 1. The summed E-state index contributed by atoms with van der Waals surface area (Å²) in [7, 11) is 2.77. The molecule has 0 saturated carbocycles. The fourth-order valence-corrected chi connectivity index (χ4v) is 1.31. The highest BCUT2D eigenvalue weighted by atomic mass is 19.1. The van der Waals surface area contributed by atoms with Gasteiger partial charge in [-0.1, -0.05) is 0 Å². The standard InChI is InChI=1S/C12H14F2N2O3/c1-16(19-2)11(17)5-6-15-12(18)9-4-3-8(13)7-10(9)14/h3-4,7H,5-6H2,1-2H3,(H,15,18). The van der Waals surface area contributed by atoms with Crippen LogP contribution in [-0.2, 0) is 9.63 Å². The zero-order valence-electron chi connectivity index (χ0n) is 10.6. The van der Waals surface area contributed by atoms with Crippen molar-refractivity contribution in [3.8, 4) is 0 Å². The van der Waals surface area contributed by atoms with Crippen LogP contribution in [0.25, 0.3) is 0 Å². The van der Waals surface area contributed by atoms with Crippen LogP contribution in [0.1, 0.15) is 16.8 Å². The molecule has 0 aliphatic heterocycles. The van der Waals surface area contributed by atoms with Gasteiger partial charge < -0.3 is 5.32 Å². The van der Waals surface area contributed by atoms with E-state index in [1.807, 2.05) is 0 Å². The molecule has 1 rings (SSSR count). The maximum atomic E-state index is 13.3. The van der Waals surface area contributed by atoms with Crippen LogP contribution in [0.15, 0.2) is 18.2 Å². The normalized spacial score (nSPS) is 10.1. The Kier molecular flexibility index (Phi) is 5.37. The number of carbonyl (C=O) groups excluding carboxylic acids is 2. The molecule has 1 N–H and O–H groups in total. The van der Waals surface area contributed by atoms with Crippen LogP contribution >= 0.6 is 0 Å². The number of amides is 2. The summed E-state index contributed by atoms with van der Waals surface area (Å²) in [5.41, 5.74) is -0.269. The highest BCUT2D eigenvalue weighted by molar-refractivity contribution is 5.94. The van der Waals surface area contributed by atoms with Crippen LogP contribution in [0.2, 0.25) is 0 Å². The molecule has 0 aliphatic rings. The molecule has 1 aromatic rings. The van der Waals surface area contributed by atoms with Crippen molar-refractivity contribution >= 4 is 11.8 Å². The highest BCUT2D eigenvalue weighted by Gasteiger charge is 2.13. The first-order valence-corrected chi connectivity index (χ1v) is 5.49. The van der Waals surface area contributed by atoms with Crippen molar-refractivity contribution in [2.75, 3.05) is 20.7 Å². The van der Waals surface area contributed by atoms with Crippen molar-refractivity contribution < 1.29 is 23.2 Å². The third-order valence-corrected chi connectivity index (χ3v) is 2.43. The molecule has 0 unspecified atom stereocenters. The molecule has 0 radical (unpaired) electrons. The predicted octanol–water partition coefficient (Wildman–Crippen LogP) is 1.10. The molecule has 19 heavy (non-hydrogen) atoms. The van der Waals surface area contributed by atoms with E-state index in [2.05, 4.69) is 10.2 Å². The zero-order valence-corrected chi connectivity index (χ0v) is 10.6. The van der Waals surface area contributed by atoms with E-state index >= 15 is 0 Å². The van der Waals surface area contributed by atoms with E-state index in [-0.39, 0.29) is 24.4 Å². The Labute approximate surface area is 109 Å². The molecule has 0 atom stereocenters. The van der Waals surface area contributed by atoms with E-state index < -0.39 is 17.5 Å². The number of hydroxylamine groups is 2. The van der Waals surface area contributed by atoms with Crippen molar-refractivity contribution in [1.82, 2.24) is 10.4 Å². The molecule has 0 saturated heterocycles. The minimum absolute atomic E-state index is 0.0128. The summed E-state index contributed by atoms with van der Waals surface area (Å²) < 4.78 is 25.9. The Hall–Kier alpha value is -2.02. The molecule has 5 nitrogen and oxygen atoms in total. The van der Waals surface area contributed by atoms with E-state index in [1.54, 1.807) is 0 Å². The average molecular weight is 272 g/mol. The summed E-state index contributed by atoms with van der Waals surface area (Å²) in [5, 5.41) is 3.38. The fraction of sp³-hybridized carbons (Fsp3) is 0.333. The lowest BCUT2D eigenvalue weighted by molar-refractivity contribution is -0.168. The Morgan fingerprint density at radius 1 is 1.37 bits per heavy atom. The predicted molar refractivity (Wildman–Crippen MR) is 63.1 cm³/mol. The molecule has 0 fully saturated rings. The van der Waals surface area contributed by atoms with Gasteiger partial charge in [0.15, 0.2) is 0 Å². The van der Waals surface area contributed by atoms with E-state index in [0.717, 1.165) is 17.2 Å². The number of hydrogen-bond donors (Lipinski definition) is 1. The van der Waals surface area contributed by atoms with Crippen molar-refractivity contribution in [1.29, 1.82) is 0 Å². The second-order valence-electron chi connectivity index (χ2n) is 3.70. The Bertz CT molecular complexity index is 480. The smallest absolute Gasteiger partial charge is 0.254 e. The number of rotatable bonds is 5. The van der Waals surface area contributed by atoms with Gasteiger partial charge in [0.1, 0.15) is 11.6 Å². The summed E-state index contributed by atoms with van der Waals surface area (Å²) in [6.07, 6.45) is 0.0128. The first-order chi connectivity index (χ1) is 8.95. The van der Waals surface area contributed by atoms with Gasteiger partial charge in [-0.05, 0) is 12.1 Å². The van der Waals surface area contributed by atoms with Gasteiger partial charge in [0.25, 0.3) is 5.91 Å². The number of nitrogens with one attached hydrogen (secondary N) is 1. The van der Waals surface area contributed by atoms with Gasteiger partial charge in [-0.25, -0.2) is 13.8 Å². The lowest BCUT2D eigenvalue weighted by Gasteiger charge is -2.13. The minimum atomic E-state index is -0.946. The summed E-state index contributed by atoms with van der Waals surface area (Å²) in [6.45, 7) is 0.0299. The lowest BCUT2D eigenvalue weighted by atomic mass is 10.2. The Morgan fingerprint density at radius 3 is 2.63 bits per heavy atom. The number of carbonyl (C=O) groups is 2. The zero-order chi connectivity index (χ0) is 14.4. The van der Waals surface area contributed by atoms with Gasteiger partial charge >= 0.3 is 0 Å². The number of halogens is 2. The average Bonchev–Trinajstić information content (AvgIpc) is 2.37. The van der Waals surface area contributed by atoms with E-state index in [1.165, 1.54) is 14.2 Å². The molecule has 0 aliphatic carbocycles. The maximum Gasteiger partial charge on any atom is 0.254 e. The molecule has 2 amide bonds. The monoisotopic (exact) mass is 272 g/mol. The van der Waals surface area contributed by atoms with Crippen LogP contribution in [0.3, 0.4) is 0 Å². The third-order valence-electron chi connectivity index (χ3n) is 2.43. The van der Waals surface area contributed by atoms with Gasteiger partial charge in [0.2, 0.25) is 5.91 Å². The van der Waals surface area contributed by atoms with Gasteiger partial charge in [-0.15, -0.1) is 0 Å². The van der Waals surface area contributed by atoms with E-state index in [4.69, 9.17) is 0 Å². The van der Waals surface area contributed by atoms with Crippen LogP contribution in [-0.4, -0.2) is 37.6 Å². The quantitative estimate of drug-likeness (QED) is 0.817. The third kappa shape index (κ3) is 4.29. The molecule has 0 spiro atoms. The van der Waals surface area contributed by atoms with Gasteiger partial charge in [-0.3, -0.25) is 14.4 Å². The molecular formula is C12H14F2N2O3. The van der Waals surface area contributed by atoms with Crippen LogP contribution in [0.5, 0.6) is 0 Å². The summed E-state index contributed by atoms with van der Waals surface area (Å²) in [6, 6.07) is 2.66. The fourth-order valence-electron chi connectivity index (χ4n) is 1.31. The second kappa shape index (κ2) is 6.79. The van der Waals surface area contributed by atoms with Crippen molar-refractivity contribution in [3.05, 3.63) is 35.4 Å². The molecule has 0 bridgehead atoms. The van der Waals surface area contributed by atoms with Gasteiger partial charge in [0.05, 0.1) is 12.7 Å². The Morgan fingerprint density at radius 2 is 2.05 bits per heavy atom. The minimum Gasteiger partial charge on any atom is -0.351 e. The largest absolute Gasteiger partial charge is 0.351 e. The molecule has 104 valence electrons. The van der Waals surface area contributed by atoms with Crippen LogP contribution < -0.4 is 5.32 Å². The lowest BCUT2D eigenvalue weighted by Crippen LogP contribution is -2.31. The van der Waals surface area contributed by atoms with E-state index in [9.17, 15) is 18.4 Å². The highest BCUT2D eigenvalue weighted by Crippen LogP contribution is 2.09. The van der Waals surface area contributed by atoms with Crippen LogP contribution in [0, 0.1) is 11.6 Å². The summed E-state index contributed by atoms with van der Waals surface area (Å²) >= 11 is 0.